The molecule has 0 radical (unpaired) electrons. The van der Waals surface area contributed by atoms with Gasteiger partial charge < -0.3 is 20.6 Å². The van der Waals surface area contributed by atoms with Crippen LogP contribution >= 0.6 is 0 Å². The summed E-state index contributed by atoms with van der Waals surface area (Å²) < 4.78 is 0. The van der Waals surface area contributed by atoms with Crippen LogP contribution in [0.3, 0.4) is 0 Å². The molecule has 114 valence electrons. The Bertz CT molecular complexity index is 382. The van der Waals surface area contributed by atoms with E-state index in [2.05, 4.69) is 10.6 Å². The molecule has 7 nitrogen and oxygen atoms in total. The van der Waals surface area contributed by atoms with Crippen molar-refractivity contribution in [2.24, 2.45) is 5.92 Å². The number of carbonyl (C=O) groups excluding carboxylic acids is 2. The average Bonchev–Trinajstić information content (AvgIpc) is 3.17. The smallest absolute Gasteiger partial charge is 0.326 e. The van der Waals surface area contributed by atoms with E-state index < -0.39 is 18.0 Å². The molecule has 0 saturated heterocycles. The van der Waals surface area contributed by atoms with Crippen LogP contribution in [-0.4, -0.2) is 53.6 Å². The molecule has 2 unspecified atom stereocenters. The lowest BCUT2D eigenvalue weighted by Gasteiger charge is -2.24. The van der Waals surface area contributed by atoms with Gasteiger partial charge in [0.15, 0.2) is 0 Å². The molecule has 0 aliphatic heterocycles. The lowest BCUT2D eigenvalue weighted by Crippen LogP contribution is -2.51. The highest BCUT2D eigenvalue weighted by molar-refractivity contribution is 5.86. The number of nitrogens with zero attached hydrogens (tertiary/aromatic N) is 1. The average molecular weight is 285 g/mol. The molecule has 1 aliphatic rings. The molecule has 2 atom stereocenters. The van der Waals surface area contributed by atoms with Gasteiger partial charge in [-0.05, 0) is 18.8 Å². The van der Waals surface area contributed by atoms with Gasteiger partial charge in [0.05, 0.1) is 0 Å². The second-order valence-corrected chi connectivity index (χ2v) is 5.35. The molecule has 3 N–H and O–H groups in total. The van der Waals surface area contributed by atoms with Gasteiger partial charge in [0.25, 0.3) is 0 Å². The monoisotopic (exact) mass is 285 g/mol. The summed E-state index contributed by atoms with van der Waals surface area (Å²) in [4.78, 5) is 35.8. The van der Waals surface area contributed by atoms with Gasteiger partial charge in [0, 0.05) is 13.1 Å². The van der Waals surface area contributed by atoms with Gasteiger partial charge in [-0.2, -0.15) is 0 Å². The second kappa shape index (κ2) is 7.12. The summed E-state index contributed by atoms with van der Waals surface area (Å²) in [7, 11) is 1.47. The summed E-state index contributed by atoms with van der Waals surface area (Å²) in [6.07, 6.45) is 2.61. The first-order valence-electron chi connectivity index (χ1n) is 6.89. The maximum atomic E-state index is 11.9. The Morgan fingerprint density at radius 3 is 2.40 bits per heavy atom. The lowest BCUT2D eigenvalue weighted by atomic mass is 9.99. The van der Waals surface area contributed by atoms with Gasteiger partial charge in [0.2, 0.25) is 5.91 Å². The van der Waals surface area contributed by atoms with E-state index >= 15 is 0 Å². The van der Waals surface area contributed by atoms with Crippen LogP contribution in [0.1, 0.15) is 33.1 Å². The summed E-state index contributed by atoms with van der Waals surface area (Å²) in [5.74, 6) is -1.46. The van der Waals surface area contributed by atoms with Gasteiger partial charge in [-0.1, -0.05) is 20.3 Å². The van der Waals surface area contributed by atoms with Crippen LogP contribution in [0.5, 0.6) is 0 Å². The van der Waals surface area contributed by atoms with Gasteiger partial charge >= 0.3 is 12.0 Å². The zero-order chi connectivity index (χ0) is 15.3. The summed E-state index contributed by atoms with van der Waals surface area (Å²) in [6.45, 7) is 3.55. The van der Waals surface area contributed by atoms with E-state index in [1.54, 1.807) is 6.92 Å². The highest BCUT2D eigenvalue weighted by Crippen LogP contribution is 2.18. The van der Waals surface area contributed by atoms with Crippen LogP contribution in [-0.2, 0) is 9.59 Å². The SMILES string of the molecule is CCC(C)C(NC(=O)N(C)CC(=O)NC1CC1)C(=O)O. The molecule has 0 aromatic carbocycles. The Hall–Kier alpha value is -1.79. The van der Waals surface area contributed by atoms with Crippen LogP contribution < -0.4 is 10.6 Å². The number of carboxylic acids is 1. The minimum Gasteiger partial charge on any atom is -0.480 e. The van der Waals surface area contributed by atoms with E-state index in [4.69, 9.17) is 5.11 Å². The minimum atomic E-state index is -1.07. The van der Waals surface area contributed by atoms with Gasteiger partial charge in [-0.3, -0.25) is 4.79 Å². The molecule has 1 aliphatic carbocycles. The number of carbonyl (C=O) groups is 3. The van der Waals surface area contributed by atoms with Crippen molar-refractivity contribution in [3.05, 3.63) is 0 Å². The van der Waals surface area contributed by atoms with Crippen molar-refractivity contribution >= 4 is 17.9 Å². The molecular weight excluding hydrogens is 262 g/mol. The molecule has 0 bridgehead atoms. The zero-order valence-electron chi connectivity index (χ0n) is 12.2. The fourth-order valence-electron chi connectivity index (χ4n) is 1.71. The third-order valence-corrected chi connectivity index (χ3v) is 3.43. The third kappa shape index (κ3) is 5.07. The normalized spacial score (nSPS) is 16.9. The topological polar surface area (TPSA) is 98.7 Å². The number of hydrogen-bond acceptors (Lipinski definition) is 3. The van der Waals surface area contributed by atoms with E-state index in [9.17, 15) is 14.4 Å². The first-order valence-corrected chi connectivity index (χ1v) is 6.89. The van der Waals surface area contributed by atoms with E-state index in [0.717, 1.165) is 12.8 Å². The molecule has 0 aromatic rings. The van der Waals surface area contributed by atoms with Crippen LogP contribution in [0.15, 0.2) is 0 Å². The number of rotatable bonds is 7. The minimum absolute atomic E-state index is 0.0742. The van der Waals surface area contributed by atoms with E-state index in [1.165, 1.54) is 11.9 Å². The van der Waals surface area contributed by atoms with Crippen molar-refractivity contribution < 1.29 is 19.5 Å². The van der Waals surface area contributed by atoms with Gasteiger partial charge in [0.1, 0.15) is 12.6 Å². The summed E-state index contributed by atoms with van der Waals surface area (Å²) in [5.41, 5.74) is 0. The van der Waals surface area contributed by atoms with E-state index in [1.807, 2.05) is 6.92 Å². The quantitative estimate of drug-likeness (QED) is 0.630. The molecule has 1 rings (SSSR count). The maximum Gasteiger partial charge on any atom is 0.326 e. The van der Waals surface area contributed by atoms with Crippen LogP contribution in [0.4, 0.5) is 4.79 Å². The Morgan fingerprint density at radius 2 is 1.95 bits per heavy atom. The summed E-state index contributed by atoms with van der Waals surface area (Å²) in [6, 6.07) is -1.25. The number of nitrogens with one attached hydrogen (secondary N) is 2. The Labute approximate surface area is 118 Å². The van der Waals surface area contributed by atoms with Crippen molar-refractivity contribution in [1.82, 2.24) is 15.5 Å². The number of urea groups is 1. The predicted octanol–water partition coefficient (Wildman–Crippen LogP) is 0.406. The third-order valence-electron chi connectivity index (χ3n) is 3.43. The Morgan fingerprint density at radius 1 is 1.35 bits per heavy atom. The number of carboxylic acid groups (broad SMARTS) is 1. The van der Waals surface area contributed by atoms with E-state index in [-0.39, 0.29) is 24.4 Å². The summed E-state index contributed by atoms with van der Waals surface area (Å²) in [5, 5.41) is 14.3. The molecule has 3 amide bonds. The molecule has 1 fully saturated rings. The maximum absolute atomic E-state index is 11.9. The number of hydrogen-bond donors (Lipinski definition) is 3. The fourth-order valence-corrected chi connectivity index (χ4v) is 1.71. The zero-order valence-corrected chi connectivity index (χ0v) is 12.2. The largest absolute Gasteiger partial charge is 0.480 e. The molecule has 7 heteroatoms. The standard InChI is InChI=1S/C13H23N3O4/c1-4-8(2)11(12(18)19)15-13(20)16(3)7-10(17)14-9-5-6-9/h8-9,11H,4-7H2,1-3H3,(H,14,17)(H,15,20)(H,18,19). The van der Waals surface area contributed by atoms with Crippen LogP contribution in [0.2, 0.25) is 0 Å². The highest BCUT2D eigenvalue weighted by Gasteiger charge is 2.28. The van der Waals surface area contributed by atoms with Crippen LogP contribution in [0.25, 0.3) is 0 Å². The number of amides is 3. The highest BCUT2D eigenvalue weighted by atomic mass is 16.4. The Balaban J connectivity index is 2.45. The molecule has 0 spiro atoms. The summed E-state index contributed by atoms with van der Waals surface area (Å²) >= 11 is 0. The van der Waals surface area contributed by atoms with Crippen LogP contribution in [0, 0.1) is 5.92 Å². The molecule has 0 heterocycles. The lowest BCUT2D eigenvalue weighted by molar-refractivity contribution is -0.140. The molecule has 0 aromatic heterocycles. The molecule has 1 saturated carbocycles. The Kier molecular flexibility index (Phi) is 5.79. The van der Waals surface area contributed by atoms with Crippen molar-refractivity contribution in [3.63, 3.8) is 0 Å². The van der Waals surface area contributed by atoms with Crippen molar-refractivity contribution in [2.45, 2.75) is 45.2 Å². The van der Waals surface area contributed by atoms with Gasteiger partial charge in [-0.25, -0.2) is 9.59 Å². The first-order chi connectivity index (χ1) is 9.35. The first kappa shape index (κ1) is 16.3. The van der Waals surface area contributed by atoms with Crippen molar-refractivity contribution in [1.29, 1.82) is 0 Å². The second-order valence-electron chi connectivity index (χ2n) is 5.35. The van der Waals surface area contributed by atoms with E-state index in [0.29, 0.717) is 6.42 Å². The number of aliphatic carboxylic acids is 1. The molecular formula is C13H23N3O4. The molecule has 20 heavy (non-hydrogen) atoms. The van der Waals surface area contributed by atoms with Crippen molar-refractivity contribution in [2.75, 3.05) is 13.6 Å². The predicted molar refractivity (Wildman–Crippen MR) is 73.2 cm³/mol. The number of likely N-dealkylation sites (N-methyl/N-ethyl adjacent to an activating group) is 1. The van der Waals surface area contributed by atoms with Crippen molar-refractivity contribution in [3.8, 4) is 0 Å². The fraction of sp³-hybridized carbons (Fsp3) is 0.769. The van der Waals surface area contributed by atoms with Gasteiger partial charge in [-0.15, -0.1) is 0 Å².